The maximum atomic E-state index is 10.4. The first kappa shape index (κ1) is 9.29. The van der Waals surface area contributed by atoms with E-state index in [9.17, 15) is 10.1 Å². The van der Waals surface area contributed by atoms with Crippen LogP contribution < -0.4 is 5.73 Å². The Kier molecular flexibility index (Phi) is 2.35. The van der Waals surface area contributed by atoms with E-state index in [0.29, 0.717) is 0 Å². The van der Waals surface area contributed by atoms with Gasteiger partial charge in [0.1, 0.15) is 10.7 Å². The summed E-state index contributed by atoms with van der Waals surface area (Å²) in [5, 5.41) is 18.8. The van der Waals surface area contributed by atoms with Crippen LogP contribution in [0.3, 0.4) is 0 Å². The van der Waals surface area contributed by atoms with Crippen molar-refractivity contribution in [1.82, 2.24) is 0 Å². The van der Waals surface area contributed by atoms with Gasteiger partial charge in [-0.2, -0.15) is 5.26 Å². The van der Waals surface area contributed by atoms with Gasteiger partial charge in [-0.3, -0.25) is 10.1 Å². The van der Waals surface area contributed by atoms with Crippen LogP contribution in [0.15, 0.2) is 12.1 Å². The minimum Gasteiger partial charge on any atom is -0.393 e. The number of nitriles is 1. The lowest BCUT2D eigenvalue weighted by Crippen LogP contribution is -1.97. The second kappa shape index (κ2) is 3.29. The van der Waals surface area contributed by atoms with Gasteiger partial charge in [0.15, 0.2) is 0 Å². The number of halogens is 1. The lowest BCUT2D eigenvalue weighted by atomic mass is 10.2. The fourth-order valence-corrected chi connectivity index (χ4v) is 1.17. The summed E-state index contributed by atoms with van der Waals surface area (Å²) in [6.45, 7) is 0. The predicted octanol–water partition coefficient (Wildman–Crippen LogP) is 1.70. The lowest BCUT2D eigenvalue weighted by Gasteiger charge is -1.99. The average molecular weight is 198 g/mol. The fourth-order valence-electron chi connectivity index (χ4n) is 0.877. The van der Waals surface area contributed by atoms with Gasteiger partial charge < -0.3 is 5.73 Å². The van der Waals surface area contributed by atoms with Crippen LogP contribution in [-0.2, 0) is 0 Å². The van der Waals surface area contributed by atoms with Crippen LogP contribution in [0.25, 0.3) is 0 Å². The highest BCUT2D eigenvalue weighted by atomic mass is 35.5. The Morgan fingerprint density at radius 2 is 2.23 bits per heavy atom. The molecule has 5 nitrogen and oxygen atoms in total. The zero-order valence-corrected chi connectivity index (χ0v) is 7.08. The van der Waals surface area contributed by atoms with Gasteiger partial charge in [0, 0.05) is 0 Å². The summed E-state index contributed by atoms with van der Waals surface area (Å²) in [6.07, 6.45) is 0. The topological polar surface area (TPSA) is 93.0 Å². The second-order valence-corrected chi connectivity index (χ2v) is 2.67. The molecule has 2 N–H and O–H groups in total. The predicted molar refractivity (Wildman–Crippen MR) is 47.2 cm³/mol. The molecule has 1 rings (SSSR count). The molecule has 66 valence electrons. The van der Waals surface area contributed by atoms with Gasteiger partial charge in [-0.05, 0) is 12.1 Å². The zero-order chi connectivity index (χ0) is 10.0. The van der Waals surface area contributed by atoms with E-state index in [-0.39, 0.29) is 22.0 Å². The van der Waals surface area contributed by atoms with Crippen LogP contribution in [-0.4, -0.2) is 4.92 Å². The molecule has 0 amide bonds. The molecule has 0 saturated heterocycles. The van der Waals surface area contributed by atoms with Gasteiger partial charge in [0.2, 0.25) is 0 Å². The Labute approximate surface area is 78.5 Å². The number of hydrogen-bond acceptors (Lipinski definition) is 4. The Morgan fingerprint density at radius 1 is 1.62 bits per heavy atom. The number of benzene rings is 1. The highest BCUT2D eigenvalue weighted by Crippen LogP contribution is 2.31. The van der Waals surface area contributed by atoms with Crippen molar-refractivity contribution in [2.45, 2.75) is 0 Å². The normalized spacial score (nSPS) is 9.23. The van der Waals surface area contributed by atoms with Crippen LogP contribution in [0.1, 0.15) is 5.56 Å². The third kappa shape index (κ3) is 1.68. The van der Waals surface area contributed by atoms with E-state index in [1.807, 2.05) is 0 Å². The molecular formula is C7H4ClN3O2. The molecule has 0 aromatic heterocycles. The largest absolute Gasteiger partial charge is 0.393 e. The fraction of sp³-hybridized carbons (Fsp3) is 0. The third-order valence-corrected chi connectivity index (χ3v) is 1.69. The van der Waals surface area contributed by atoms with Gasteiger partial charge in [0.05, 0.1) is 16.6 Å². The van der Waals surface area contributed by atoms with Crippen molar-refractivity contribution in [3.05, 3.63) is 32.8 Å². The molecule has 0 aliphatic carbocycles. The van der Waals surface area contributed by atoms with Crippen LogP contribution in [0.5, 0.6) is 0 Å². The molecule has 0 saturated carbocycles. The summed E-state index contributed by atoms with van der Waals surface area (Å²) in [5.74, 6) is 0. The summed E-state index contributed by atoms with van der Waals surface area (Å²) in [5.41, 5.74) is 5.06. The van der Waals surface area contributed by atoms with E-state index in [1.54, 1.807) is 6.07 Å². The average Bonchev–Trinajstić information content (AvgIpc) is 2.02. The van der Waals surface area contributed by atoms with E-state index in [0.717, 1.165) is 0 Å². The molecule has 0 heterocycles. The number of rotatable bonds is 1. The number of hydrogen-bond donors (Lipinski definition) is 1. The summed E-state index contributed by atoms with van der Waals surface area (Å²) in [4.78, 5) is 9.72. The summed E-state index contributed by atoms with van der Waals surface area (Å²) < 4.78 is 0. The molecule has 0 aliphatic heterocycles. The Balaban J connectivity index is 3.42. The number of nitrogens with zero attached hydrogens (tertiary/aromatic N) is 2. The van der Waals surface area contributed by atoms with Crippen molar-refractivity contribution in [3.8, 4) is 6.07 Å². The van der Waals surface area contributed by atoms with Gasteiger partial charge in [-0.15, -0.1) is 0 Å². The number of anilines is 1. The molecule has 0 atom stereocenters. The Morgan fingerprint density at radius 3 is 2.62 bits per heavy atom. The quantitative estimate of drug-likeness (QED) is 0.421. The van der Waals surface area contributed by atoms with Crippen molar-refractivity contribution >= 4 is 23.0 Å². The van der Waals surface area contributed by atoms with Crippen LogP contribution in [0.2, 0.25) is 5.02 Å². The summed E-state index contributed by atoms with van der Waals surface area (Å²) in [6, 6.07) is 4.20. The minimum absolute atomic E-state index is 0.103. The van der Waals surface area contributed by atoms with Crippen molar-refractivity contribution < 1.29 is 4.92 Å². The first-order valence-electron chi connectivity index (χ1n) is 3.19. The van der Waals surface area contributed by atoms with E-state index in [4.69, 9.17) is 22.6 Å². The van der Waals surface area contributed by atoms with Gasteiger partial charge >= 0.3 is 5.69 Å². The first-order chi connectivity index (χ1) is 6.06. The Hall–Kier alpha value is -1.80. The maximum Gasteiger partial charge on any atom is 0.310 e. The van der Waals surface area contributed by atoms with Crippen molar-refractivity contribution in [2.75, 3.05) is 5.73 Å². The number of nitro benzene ring substituents is 1. The molecule has 0 unspecified atom stereocenters. The smallest absolute Gasteiger partial charge is 0.310 e. The van der Waals surface area contributed by atoms with Crippen molar-refractivity contribution in [2.24, 2.45) is 0 Å². The molecule has 0 fully saturated rings. The first-order valence-corrected chi connectivity index (χ1v) is 3.57. The van der Waals surface area contributed by atoms with Crippen LogP contribution in [0.4, 0.5) is 11.4 Å². The van der Waals surface area contributed by atoms with Gasteiger partial charge in [-0.25, -0.2) is 0 Å². The molecule has 13 heavy (non-hydrogen) atoms. The molecule has 6 heteroatoms. The third-order valence-electron chi connectivity index (χ3n) is 1.40. The number of nitro groups is 1. The lowest BCUT2D eigenvalue weighted by molar-refractivity contribution is -0.383. The summed E-state index contributed by atoms with van der Waals surface area (Å²) in [7, 11) is 0. The monoisotopic (exact) mass is 197 g/mol. The molecule has 0 spiro atoms. The Bertz CT molecular complexity index is 388. The SMILES string of the molecule is N#Cc1cc(N)c([N+](=O)[O-])c(Cl)c1. The number of nitrogens with two attached hydrogens (primary N) is 1. The van der Waals surface area contributed by atoms with E-state index < -0.39 is 4.92 Å². The van der Waals surface area contributed by atoms with E-state index >= 15 is 0 Å². The summed E-state index contributed by atoms with van der Waals surface area (Å²) >= 11 is 5.54. The molecule has 0 radical (unpaired) electrons. The highest BCUT2D eigenvalue weighted by molar-refractivity contribution is 6.33. The standard InChI is InChI=1S/C7H4ClN3O2/c8-5-1-4(3-9)2-6(10)7(5)11(12)13/h1-2H,10H2. The molecule has 1 aromatic carbocycles. The molecule has 0 aliphatic rings. The van der Waals surface area contributed by atoms with Crippen LogP contribution in [0, 0.1) is 21.4 Å². The zero-order valence-electron chi connectivity index (χ0n) is 6.32. The minimum atomic E-state index is -0.682. The van der Waals surface area contributed by atoms with Crippen molar-refractivity contribution in [3.63, 3.8) is 0 Å². The molecule has 0 bridgehead atoms. The van der Waals surface area contributed by atoms with Crippen LogP contribution >= 0.6 is 11.6 Å². The van der Waals surface area contributed by atoms with E-state index in [2.05, 4.69) is 0 Å². The maximum absolute atomic E-state index is 10.4. The second-order valence-electron chi connectivity index (χ2n) is 2.26. The molecule has 1 aromatic rings. The van der Waals surface area contributed by atoms with Crippen molar-refractivity contribution in [1.29, 1.82) is 5.26 Å². The molecular weight excluding hydrogens is 194 g/mol. The van der Waals surface area contributed by atoms with E-state index in [1.165, 1.54) is 12.1 Å². The highest BCUT2D eigenvalue weighted by Gasteiger charge is 2.17. The van der Waals surface area contributed by atoms with Gasteiger partial charge in [0.25, 0.3) is 0 Å². The van der Waals surface area contributed by atoms with Gasteiger partial charge in [-0.1, -0.05) is 11.6 Å². The number of nitrogen functional groups attached to an aromatic ring is 1.